The lowest BCUT2D eigenvalue weighted by atomic mass is 9.98. The van der Waals surface area contributed by atoms with Crippen molar-refractivity contribution in [1.82, 2.24) is 10.2 Å². The van der Waals surface area contributed by atoms with Crippen LogP contribution < -0.4 is 5.32 Å². The molecule has 0 aromatic rings. The lowest BCUT2D eigenvalue weighted by Crippen LogP contribution is -2.25. The highest BCUT2D eigenvalue weighted by molar-refractivity contribution is 8.76. The average Bonchev–Trinajstić information content (AvgIpc) is 3.00. The van der Waals surface area contributed by atoms with E-state index in [-0.39, 0.29) is 5.91 Å². The van der Waals surface area contributed by atoms with Gasteiger partial charge in [0.15, 0.2) is 0 Å². The molecule has 1 rings (SSSR count). The molecule has 0 heterocycles. The van der Waals surface area contributed by atoms with Crippen molar-refractivity contribution in [2.24, 2.45) is 5.92 Å². The fourth-order valence-electron chi connectivity index (χ4n) is 2.53. The molecule has 1 saturated carbocycles. The minimum Gasteiger partial charge on any atom is -0.355 e. The van der Waals surface area contributed by atoms with Crippen molar-refractivity contribution in [3.8, 4) is 0 Å². The van der Waals surface area contributed by atoms with E-state index < -0.39 is 0 Å². The van der Waals surface area contributed by atoms with Crippen LogP contribution in [-0.4, -0.2) is 55.3 Å². The third-order valence-corrected chi connectivity index (χ3v) is 6.24. The smallest absolute Gasteiger partial charge is 0.220 e. The van der Waals surface area contributed by atoms with Crippen molar-refractivity contribution in [2.45, 2.75) is 44.9 Å². The van der Waals surface area contributed by atoms with Crippen molar-refractivity contribution in [2.75, 3.05) is 38.7 Å². The molecule has 0 spiro atoms. The maximum atomic E-state index is 11.9. The summed E-state index contributed by atoms with van der Waals surface area (Å²) in [4.78, 5) is 25.7. The van der Waals surface area contributed by atoms with Crippen molar-refractivity contribution in [3.63, 3.8) is 0 Å². The first-order chi connectivity index (χ1) is 10.6. The summed E-state index contributed by atoms with van der Waals surface area (Å²) in [6, 6.07) is 0. The van der Waals surface area contributed by atoms with Crippen LogP contribution in [0, 0.1) is 5.92 Å². The van der Waals surface area contributed by atoms with Gasteiger partial charge in [0.25, 0.3) is 0 Å². The molecule has 0 aliphatic heterocycles. The standard InChI is InChI=1S/C16H30N2O2S2/c1-18(2)11-13-22-21-12-10-17-16(20)9-5-8-15(19)14-6-3-4-7-14/h14H,3-13H2,1-2H3,(H,17,20). The summed E-state index contributed by atoms with van der Waals surface area (Å²) in [7, 11) is 7.80. The van der Waals surface area contributed by atoms with E-state index in [2.05, 4.69) is 24.3 Å². The molecule has 1 N–H and O–H groups in total. The molecule has 0 aromatic carbocycles. The van der Waals surface area contributed by atoms with Gasteiger partial charge in [0.1, 0.15) is 5.78 Å². The number of nitrogens with zero attached hydrogens (tertiary/aromatic N) is 1. The fourth-order valence-corrected chi connectivity index (χ4v) is 4.57. The summed E-state index contributed by atoms with van der Waals surface area (Å²) in [6.07, 6.45) is 6.28. The van der Waals surface area contributed by atoms with Gasteiger partial charge in [-0.15, -0.1) is 0 Å². The highest BCUT2D eigenvalue weighted by Gasteiger charge is 2.21. The number of hydrogen-bond acceptors (Lipinski definition) is 5. The maximum Gasteiger partial charge on any atom is 0.220 e. The Kier molecular flexibility index (Phi) is 11.1. The van der Waals surface area contributed by atoms with Crippen LogP contribution in [0.25, 0.3) is 0 Å². The number of hydrogen-bond donors (Lipinski definition) is 1. The molecule has 1 amide bonds. The van der Waals surface area contributed by atoms with E-state index in [0.717, 1.165) is 37.4 Å². The van der Waals surface area contributed by atoms with Crippen molar-refractivity contribution in [3.05, 3.63) is 0 Å². The number of ketones is 1. The third-order valence-electron chi connectivity index (χ3n) is 3.85. The zero-order chi connectivity index (χ0) is 16.2. The van der Waals surface area contributed by atoms with E-state index in [1.54, 1.807) is 10.8 Å². The van der Waals surface area contributed by atoms with Gasteiger partial charge in [-0.25, -0.2) is 0 Å². The molecule has 128 valence electrons. The number of carbonyl (C=O) groups is 2. The molecule has 22 heavy (non-hydrogen) atoms. The molecule has 1 aliphatic carbocycles. The Morgan fingerprint density at radius 2 is 1.77 bits per heavy atom. The van der Waals surface area contributed by atoms with E-state index in [0.29, 0.717) is 31.0 Å². The molecular formula is C16H30N2O2S2. The van der Waals surface area contributed by atoms with Gasteiger partial charge in [0, 0.05) is 43.4 Å². The monoisotopic (exact) mass is 346 g/mol. The molecule has 0 unspecified atom stereocenters. The van der Waals surface area contributed by atoms with Crippen LogP contribution in [0.2, 0.25) is 0 Å². The number of amides is 1. The van der Waals surface area contributed by atoms with E-state index in [4.69, 9.17) is 0 Å². The summed E-state index contributed by atoms with van der Waals surface area (Å²) in [5, 5.41) is 2.93. The van der Waals surface area contributed by atoms with Crippen molar-refractivity contribution in [1.29, 1.82) is 0 Å². The van der Waals surface area contributed by atoms with Gasteiger partial charge in [-0.1, -0.05) is 34.4 Å². The molecule has 0 aromatic heterocycles. The van der Waals surface area contributed by atoms with Crippen LogP contribution in [0.3, 0.4) is 0 Å². The molecule has 1 fully saturated rings. The fraction of sp³-hybridized carbons (Fsp3) is 0.875. The summed E-state index contributed by atoms with van der Waals surface area (Å²) in [6.45, 7) is 1.80. The lowest BCUT2D eigenvalue weighted by molar-refractivity contribution is -0.123. The van der Waals surface area contributed by atoms with Gasteiger partial charge in [0.05, 0.1) is 0 Å². The third kappa shape index (κ3) is 9.74. The SMILES string of the molecule is CN(C)CCSSCCNC(=O)CCCC(=O)C1CCCC1. The molecule has 6 heteroatoms. The minimum absolute atomic E-state index is 0.0816. The topological polar surface area (TPSA) is 49.4 Å². The van der Waals surface area contributed by atoms with Crippen LogP contribution in [-0.2, 0) is 9.59 Å². The van der Waals surface area contributed by atoms with E-state index in [1.165, 1.54) is 12.8 Å². The van der Waals surface area contributed by atoms with Gasteiger partial charge in [0.2, 0.25) is 5.91 Å². The molecule has 1 aliphatic rings. The number of nitrogens with one attached hydrogen (secondary N) is 1. The molecule has 0 saturated heterocycles. The highest BCUT2D eigenvalue weighted by Crippen LogP contribution is 2.26. The highest BCUT2D eigenvalue weighted by atomic mass is 33.1. The van der Waals surface area contributed by atoms with Crippen LogP contribution in [0.1, 0.15) is 44.9 Å². The lowest BCUT2D eigenvalue weighted by Gasteiger charge is -2.09. The van der Waals surface area contributed by atoms with E-state index in [9.17, 15) is 9.59 Å². The first kappa shape index (κ1) is 19.8. The van der Waals surface area contributed by atoms with Crippen LogP contribution in [0.15, 0.2) is 0 Å². The number of carbonyl (C=O) groups excluding carboxylic acids is 2. The quantitative estimate of drug-likeness (QED) is 0.435. The van der Waals surface area contributed by atoms with Gasteiger partial charge >= 0.3 is 0 Å². The number of rotatable bonds is 12. The molecule has 0 atom stereocenters. The molecular weight excluding hydrogens is 316 g/mol. The summed E-state index contributed by atoms with van der Waals surface area (Å²) < 4.78 is 0. The normalized spacial score (nSPS) is 15.4. The summed E-state index contributed by atoms with van der Waals surface area (Å²) in [5.74, 6) is 2.79. The van der Waals surface area contributed by atoms with Gasteiger partial charge in [-0.2, -0.15) is 0 Å². The zero-order valence-electron chi connectivity index (χ0n) is 13.9. The Hall–Kier alpha value is -0.200. The maximum absolute atomic E-state index is 11.9. The van der Waals surface area contributed by atoms with Crippen molar-refractivity contribution >= 4 is 33.3 Å². The van der Waals surface area contributed by atoms with Gasteiger partial charge in [-0.05, 0) is 33.4 Å². The van der Waals surface area contributed by atoms with E-state index in [1.807, 2.05) is 10.8 Å². The Bertz CT molecular complexity index is 332. The predicted molar refractivity (Wildman–Crippen MR) is 97.3 cm³/mol. The van der Waals surface area contributed by atoms with Gasteiger partial charge < -0.3 is 10.2 Å². The second kappa shape index (κ2) is 12.3. The predicted octanol–water partition coefficient (Wildman–Crippen LogP) is 2.98. The second-order valence-corrected chi connectivity index (χ2v) is 8.80. The zero-order valence-corrected chi connectivity index (χ0v) is 15.6. The first-order valence-electron chi connectivity index (χ1n) is 8.28. The Morgan fingerprint density at radius 3 is 2.45 bits per heavy atom. The van der Waals surface area contributed by atoms with Crippen LogP contribution >= 0.6 is 21.6 Å². The average molecular weight is 347 g/mol. The molecule has 4 nitrogen and oxygen atoms in total. The van der Waals surface area contributed by atoms with Gasteiger partial charge in [-0.3, -0.25) is 9.59 Å². The first-order valence-corrected chi connectivity index (χ1v) is 10.8. The Labute approximate surface area is 142 Å². The van der Waals surface area contributed by atoms with Crippen molar-refractivity contribution < 1.29 is 9.59 Å². The molecule has 0 bridgehead atoms. The summed E-state index contributed by atoms with van der Waals surface area (Å²) >= 11 is 0. The second-order valence-electron chi connectivity index (χ2n) is 6.10. The minimum atomic E-state index is 0.0816. The Morgan fingerprint density at radius 1 is 1.09 bits per heavy atom. The van der Waals surface area contributed by atoms with E-state index >= 15 is 0 Å². The van der Waals surface area contributed by atoms with Crippen LogP contribution in [0.5, 0.6) is 0 Å². The molecule has 0 radical (unpaired) electrons. The summed E-state index contributed by atoms with van der Waals surface area (Å²) in [5.41, 5.74) is 0. The van der Waals surface area contributed by atoms with Crippen LogP contribution in [0.4, 0.5) is 0 Å². The number of Topliss-reactive ketones (excluding diaryl/α,β-unsaturated/α-hetero) is 1. The Balaban J connectivity index is 1.90. The largest absolute Gasteiger partial charge is 0.355 e.